The van der Waals surface area contributed by atoms with Gasteiger partial charge in [-0.05, 0) is 83.6 Å². The van der Waals surface area contributed by atoms with Gasteiger partial charge in [-0.15, -0.1) is 0 Å². The Morgan fingerprint density at radius 2 is 1.63 bits per heavy atom. The Morgan fingerprint density at radius 3 is 2.27 bits per heavy atom. The molecule has 3 amide bonds. The summed E-state index contributed by atoms with van der Waals surface area (Å²) in [6, 6.07) is 19.2. The van der Waals surface area contributed by atoms with Crippen LogP contribution in [0.1, 0.15) is 28.9 Å². The standard InChI is InChI=1S/C22H19FIN3O2S/c1-14(15-6-8-16(23)9-7-15)25-22(29)27(30)18-12-10-17(11-13-18)26-21(28)19-4-2-3-5-20(19)24/h2-14,30H,1H3,(H,25,29)(H,26,28). The number of benzene rings is 3. The summed E-state index contributed by atoms with van der Waals surface area (Å²) in [5.74, 6) is -0.538. The minimum atomic E-state index is -0.425. The molecule has 0 spiro atoms. The molecule has 3 aromatic rings. The van der Waals surface area contributed by atoms with Gasteiger partial charge in [-0.25, -0.2) is 13.5 Å². The third-order valence-corrected chi connectivity index (χ3v) is 5.74. The monoisotopic (exact) mass is 535 g/mol. The van der Waals surface area contributed by atoms with E-state index in [4.69, 9.17) is 0 Å². The van der Waals surface area contributed by atoms with Gasteiger partial charge in [0, 0.05) is 9.26 Å². The van der Waals surface area contributed by atoms with Crippen molar-refractivity contribution in [3.05, 3.63) is 93.3 Å². The lowest BCUT2D eigenvalue weighted by atomic mass is 10.1. The van der Waals surface area contributed by atoms with Crippen LogP contribution in [0.2, 0.25) is 0 Å². The van der Waals surface area contributed by atoms with Crippen molar-refractivity contribution in [1.29, 1.82) is 0 Å². The lowest BCUT2D eigenvalue weighted by Crippen LogP contribution is -2.35. The molecule has 0 saturated heterocycles. The first kappa shape index (κ1) is 22.1. The Labute approximate surface area is 193 Å². The van der Waals surface area contributed by atoms with Crippen LogP contribution in [0.25, 0.3) is 0 Å². The summed E-state index contributed by atoms with van der Waals surface area (Å²) in [5, 5.41) is 5.64. The van der Waals surface area contributed by atoms with E-state index in [0.29, 0.717) is 16.9 Å². The molecule has 30 heavy (non-hydrogen) atoms. The van der Waals surface area contributed by atoms with Gasteiger partial charge in [0.15, 0.2) is 0 Å². The number of nitrogens with one attached hydrogen (secondary N) is 2. The number of anilines is 2. The van der Waals surface area contributed by atoms with Gasteiger partial charge in [-0.3, -0.25) is 4.79 Å². The quantitative estimate of drug-likeness (QED) is 0.286. The molecule has 0 fully saturated rings. The van der Waals surface area contributed by atoms with E-state index >= 15 is 0 Å². The number of carbonyl (C=O) groups excluding carboxylic acids is 2. The highest BCUT2D eigenvalue weighted by Crippen LogP contribution is 2.22. The van der Waals surface area contributed by atoms with Crippen LogP contribution in [-0.2, 0) is 0 Å². The summed E-state index contributed by atoms with van der Waals surface area (Å²) >= 11 is 6.38. The van der Waals surface area contributed by atoms with E-state index in [9.17, 15) is 14.0 Å². The average molecular weight is 535 g/mol. The van der Waals surface area contributed by atoms with Crippen LogP contribution in [0.4, 0.5) is 20.6 Å². The second-order valence-electron chi connectivity index (χ2n) is 6.52. The summed E-state index contributed by atoms with van der Waals surface area (Å²) in [4.78, 5) is 24.9. The second-order valence-corrected chi connectivity index (χ2v) is 8.08. The molecular weight excluding hydrogens is 516 g/mol. The first-order valence-corrected chi connectivity index (χ1v) is 10.5. The third-order valence-electron chi connectivity index (χ3n) is 4.39. The molecule has 0 radical (unpaired) electrons. The minimum Gasteiger partial charge on any atom is -0.330 e. The zero-order chi connectivity index (χ0) is 21.7. The molecule has 154 valence electrons. The molecule has 0 aliphatic carbocycles. The first-order chi connectivity index (χ1) is 14.3. The average Bonchev–Trinajstić information content (AvgIpc) is 2.74. The molecule has 3 aromatic carbocycles. The molecule has 2 N–H and O–H groups in total. The first-order valence-electron chi connectivity index (χ1n) is 9.06. The Kier molecular flexibility index (Phi) is 7.33. The maximum atomic E-state index is 13.1. The number of nitrogens with zero attached hydrogens (tertiary/aromatic N) is 1. The Balaban J connectivity index is 1.62. The van der Waals surface area contributed by atoms with Gasteiger partial charge in [0.25, 0.3) is 5.91 Å². The molecule has 0 heterocycles. The highest BCUT2D eigenvalue weighted by molar-refractivity contribution is 14.1. The van der Waals surface area contributed by atoms with Crippen LogP contribution < -0.4 is 14.9 Å². The molecule has 1 unspecified atom stereocenters. The van der Waals surface area contributed by atoms with Gasteiger partial charge in [-0.2, -0.15) is 0 Å². The zero-order valence-corrected chi connectivity index (χ0v) is 19.0. The fraction of sp³-hybridized carbons (Fsp3) is 0.0909. The third kappa shape index (κ3) is 5.51. The molecule has 5 nitrogen and oxygen atoms in total. The molecule has 3 rings (SSSR count). The fourth-order valence-electron chi connectivity index (χ4n) is 2.73. The normalized spacial score (nSPS) is 11.5. The number of hydrogen-bond donors (Lipinski definition) is 3. The van der Waals surface area contributed by atoms with Crippen molar-refractivity contribution in [2.75, 3.05) is 9.62 Å². The SMILES string of the molecule is CC(NC(=O)N(S)c1ccc(NC(=O)c2ccccc2I)cc1)c1ccc(F)cc1. The Hall–Kier alpha value is -2.59. The van der Waals surface area contributed by atoms with Gasteiger partial charge in [0.05, 0.1) is 17.3 Å². The van der Waals surface area contributed by atoms with E-state index in [1.807, 2.05) is 18.2 Å². The fourth-order valence-corrected chi connectivity index (χ4v) is 3.55. The van der Waals surface area contributed by atoms with Crippen LogP contribution in [0.5, 0.6) is 0 Å². The van der Waals surface area contributed by atoms with Gasteiger partial charge < -0.3 is 10.6 Å². The lowest BCUT2D eigenvalue weighted by molar-refractivity contribution is 0.102. The van der Waals surface area contributed by atoms with E-state index in [1.165, 1.54) is 16.4 Å². The van der Waals surface area contributed by atoms with Crippen molar-refractivity contribution >= 4 is 58.7 Å². The van der Waals surface area contributed by atoms with Crippen molar-refractivity contribution in [3.63, 3.8) is 0 Å². The smallest absolute Gasteiger partial charge is 0.330 e. The van der Waals surface area contributed by atoms with Crippen molar-refractivity contribution in [1.82, 2.24) is 5.32 Å². The van der Waals surface area contributed by atoms with Gasteiger partial charge >= 0.3 is 6.03 Å². The number of halogens is 2. The van der Waals surface area contributed by atoms with Crippen molar-refractivity contribution in [2.45, 2.75) is 13.0 Å². The molecule has 0 saturated carbocycles. The van der Waals surface area contributed by atoms with Gasteiger partial charge in [-0.1, -0.05) is 37.1 Å². The number of amides is 3. The van der Waals surface area contributed by atoms with E-state index in [1.54, 1.807) is 49.4 Å². The van der Waals surface area contributed by atoms with Crippen LogP contribution in [0.15, 0.2) is 72.8 Å². The Bertz CT molecular complexity index is 1050. The predicted molar refractivity (Wildman–Crippen MR) is 128 cm³/mol. The summed E-state index contributed by atoms with van der Waals surface area (Å²) in [6.45, 7) is 1.80. The summed E-state index contributed by atoms with van der Waals surface area (Å²) < 4.78 is 15.1. The van der Waals surface area contributed by atoms with E-state index in [2.05, 4.69) is 46.0 Å². The van der Waals surface area contributed by atoms with E-state index in [0.717, 1.165) is 9.13 Å². The van der Waals surface area contributed by atoms with Crippen LogP contribution in [0.3, 0.4) is 0 Å². The lowest BCUT2D eigenvalue weighted by Gasteiger charge is -2.21. The molecule has 8 heteroatoms. The molecule has 0 bridgehead atoms. The molecule has 0 aliphatic heterocycles. The van der Waals surface area contributed by atoms with Crippen LogP contribution in [0, 0.1) is 9.39 Å². The molecular formula is C22H19FIN3O2S. The predicted octanol–water partition coefficient (Wildman–Crippen LogP) is 5.80. The van der Waals surface area contributed by atoms with Crippen LogP contribution >= 0.6 is 35.4 Å². The topological polar surface area (TPSA) is 61.4 Å². The summed E-state index contributed by atoms with van der Waals surface area (Å²) in [5.41, 5.74) is 2.51. The molecule has 0 aromatic heterocycles. The zero-order valence-electron chi connectivity index (χ0n) is 16.0. The number of rotatable bonds is 5. The van der Waals surface area contributed by atoms with Gasteiger partial charge in [0.2, 0.25) is 0 Å². The highest BCUT2D eigenvalue weighted by atomic mass is 127. The van der Waals surface area contributed by atoms with E-state index < -0.39 is 6.03 Å². The number of hydrogen-bond acceptors (Lipinski definition) is 3. The van der Waals surface area contributed by atoms with Crippen molar-refractivity contribution in [2.24, 2.45) is 0 Å². The van der Waals surface area contributed by atoms with Crippen molar-refractivity contribution in [3.8, 4) is 0 Å². The highest BCUT2D eigenvalue weighted by Gasteiger charge is 2.16. The number of urea groups is 1. The maximum Gasteiger partial charge on any atom is 0.332 e. The molecule has 1 atom stereocenters. The largest absolute Gasteiger partial charge is 0.332 e. The Morgan fingerprint density at radius 1 is 1.00 bits per heavy atom. The minimum absolute atomic E-state index is 0.207. The second kappa shape index (κ2) is 9.94. The van der Waals surface area contributed by atoms with Crippen LogP contribution in [-0.4, -0.2) is 11.9 Å². The number of carbonyl (C=O) groups is 2. The van der Waals surface area contributed by atoms with Gasteiger partial charge in [0.1, 0.15) is 5.82 Å². The van der Waals surface area contributed by atoms with E-state index in [-0.39, 0.29) is 17.8 Å². The maximum absolute atomic E-state index is 13.1. The summed E-state index contributed by atoms with van der Waals surface area (Å²) in [6.07, 6.45) is 0. The molecule has 0 aliphatic rings. The number of thiol groups is 1. The van der Waals surface area contributed by atoms with Crippen molar-refractivity contribution < 1.29 is 14.0 Å². The summed E-state index contributed by atoms with van der Waals surface area (Å²) in [7, 11) is 0.